The Morgan fingerprint density at radius 1 is 1.37 bits per heavy atom. The van der Waals surface area contributed by atoms with Crippen LogP contribution in [0.4, 0.5) is 5.95 Å². The highest BCUT2D eigenvalue weighted by Gasteiger charge is 2.20. The van der Waals surface area contributed by atoms with E-state index in [1.54, 1.807) is 0 Å². The van der Waals surface area contributed by atoms with Crippen LogP contribution in [0.1, 0.15) is 30.7 Å². The standard InChI is InChI=1S/C14H23N5/c1-19-6-5-15-9-13(19)10-18-14-16-7-12(8-17-14)11-3-2-4-11/h7-8,11,13,15H,2-6,9-10H2,1H3,(H,16,17,18). The summed E-state index contributed by atoms with van der Waals surface area (Å²) in [5, 5.41) is 6.76. The molecule has 104 valence electrons. The maximum absolute atomic E-state index is 4.43. The quantitative estimate of drug-likeness (QED) is 0.849. The zero-order chi connectivity index (χ0) is 13.1. The first-order valence-electron chi connectivity index (χ1n) is 7.29. The zero-order valence-electron chi connectivity index (χ0n) is 11.6. The summed E-state index contributed by atoms with van der Waals surface area (Å²) in [7, 11) is 2.17. The van der Waals surface area contributed by atoms with Gasteiger partial charge >= 0.3 is 0 Å². The van der Waals surface area contributed by atoms with E-state index < -0.39 is 0 Å². The van der Waals surface area contributed by atoms with Crippen molar-refractivity contribution >= 4 is 5.95 Å². The van der Waals surface area contributed by atoms with Gasteiger partial charge in [0.25, 0.3) is 0 Å². The van der Waals surface area contributed by atoms with E-state index in [1.165, 1.54) is 24.8 Å². The van der Waals surface area contributed by atoms with E-state index in [2.05, 4.69) is 32.5 Å². The zero-order valence-corrected chi connectivity index (χ0v) is 11.6. The van der Waals surface area contributed by atoms with Crippen molar-refractivity contribution < 1.29 is 0 Å². The van der Waals surface area contributed by atoms with Crippen LogP contribution in [0.5, 0.6) is 0 Å². The summed E-state index contributed by atoms with van der Waals surface area (Å²) in [6.45, 7) is 4.11. The van der Waals surface area contributed by atoms with Gasteiger partial charge in [-0.15, -0.1) is 0 Å². The van der Waals surface area contributed by atoms with Gasteiger partial charge in [-0.05, 0) is 31.4 Å². The second kappa shape index (κ2) is 5.84. The molecular formula is C14H23N5. The molecule has 1 aliphatic heterocycles. The van der Waals surface area contributed by atoms with Crippen LogP contribution in [0.25, 0.3) is 0 Å². The Balaban J connectivity index is 1.51. The molecule has 0 aromatic carbocycles. The summed E-state index contributed by atoms with van der Waals surface area (Å²) in [6, 6.07) is 0.517. The molecule has 19 heavy (non-hydrogen) atoms. The molecule has 3 rings (SSSR count). The summed E-state index contributed by atoms with van der Waals surface area (Å²) in [5.41, 5.74) is 1.30. The van der Waals surface area contributed by atoms with Crippen LogP contribution in [-0.2, 0) is 0 Å². The average Bonchev–Trinajstić information content (AvgIpc) is 2.37. The number of likely N-dealkylation sites (N-methyl/N-ethyl adjacent to an activating group) is 1. The Bertz CT molecular complexity index is 401. The molecule has 1 saturated carbocycles. The highest BCUT2D eigenvalue weighted by molar-refractivity contribution is 5.27. The van der Waals surface area contributed by atoms with Gasteiger partial charge in [0, 0.05) is 44.6 Å². The van der Waals surface area contributed by atoms with Gasteiger partial charge in [0.05, 0.1) is 0 Å². The van der Waals surface area contributed by atoms with Crippen molar-refractivity contribution in [2.45, 2.75) is 31.2 Å². The molecule has 0 radical (unpaired) electrons. The lowest BCUT2D eigenvalue weighted by Gasteiger charge is -2.33. The largest absolute Gasteiger partial charge is 0.353 e. The number of hydrogen-bond donors (Lipinski definition) is 2. The van der Waals surface area contributed by atoms with Gasteiger partial charge < -0.3 is 10.6 Å². The van der Waals surface area contributed by atoms with Crippen LogP contribution in [0.2, 0.25) is 0 Å². The fraction of sp³-hybridized carbons (Fsp3) is 0.714. The van der Waals surface area contributed by atoms with Crippen molar-refractivity contribution in [1.29, 1.82) is 0 Å². The smallest absolute Gasteiger partial charge is 0.222 e. The second-order valence-electron chi connectivity index (χ2n) is 5.69. The first kappa shape index (κ1) is 12.8. The normalized spacial score (nSPS) is 25.0. The van der Waals surface area contributed by atoms with Gasteiger partial charge in [-0.25, -0.2) is 9.97 Å². The molecule has 2 N–H and O–H groups in total. The molecule has 0 amide bonds. The van der Waals surface area contributed by atoms with Crippen molar-refractivity contribution in [3.63, 3.8) is 0 Å². The molecule has 1 aromatic rings. The van der Waals surface area contributed by atoms with E-state index in [0.29, 0.717) is 12.0 Å². The van der Waals surface area contributed by atoms with E-state index in [4.69, 9.17) is 0 Å². The number of hydrogen-bond acceptors (Lipinski definition) is 5. The second-order valence-corrected chi connectivity index (χ2v) is 5.69. The summed E-state index contributed by atoms with van der Waals surface area (Å²) >= 11 is 0. The topological polar surface area (TPSA) is 53.1 Å². The number of rotatable bonds is 4. The Kier molecular flexibility index (Phi) is 3.94. The van der Waals surface area contributed by atoms with Gasteiger partial charge in [-0.2, -0.15) is 0 Å². The molecule has 1 saturated heterocycles. The van der Waals surface area contributed by atoms with Crippen molar-refractivity contribution in [2.24, 2.45) is 0 Å². The van der Waals surface area contributed by atoms with E-state index >= 15 is 0 Å². The summed E-state index contributed by atoms with van der Waals surface area (Å²) < 4.78 is 0. The molecule has 1 aliphatic carbocycles. The monoisotopic (exact) mass is 261 g/mol. The Labute approximate surface area is 114 Å². The minimum atomic E-state index is 0.517. The van der Waals surface area contributed by atoms with E-state index in [1.807, 2.05) is 12.4 Å². The number of nitrogens with one attached hydrogen (secondary N) is 2. The SMILES string of the molecule is CN1CCNCC1CNc1ncc(C2CCC2)cn1. The third-order valence-corrected chi connectivity index (χ3v) is 4.39. The van der Waals surface area contributed by atoms with Crippen LogP contribution < -0.4 is 10.6 Å². The van der Waals surface area contributed by atoms with Crippen LogP contribution in [0, 0.1) is 0 Å². The van der Waals surface area contributed by atoms with Crippen LogP contribution in [0.3, 0.4) is 0 Å². The molecule has 1 aromatic heterocycles. The minimum Gasteiger partial charge on any atom is -0.353 e. The molecule has 2 fully saturated rings. The third-order valence-electron chi connectivity index (χ3n) is 4.39. The fourth-order valence-electron chi connectivity index (χ4n) is 2.68. The van der Waals surface area contributed by atoms with Crippen LogP contribution in [-0.4, -0.2) is 54.1 Å². The predicted octanol–water partition coefficient (Wildman–Crippen LogP) is 1.06. The third kappa shape index (κ3) is 3.04. The molecule has 1 unspecified atom stereocenters. The number of aromatic nitrogens is 2. The number of piperazine rings is 1. The van der Waals surface area contributed by atoms with Crippen molar-refractivity contribution in [3.8, 4) is 0 Å². The maximum atomic E-state index is 4.43. The lowest BCUT2D eigenvalue weighted by Crippen LogP contribution is -2.52. The predicted molar refractivity (Wildman–Crippen MR) is 76.4 cm³/mol. The first-order chi connectivity index (χ1) is 9.33. The molecule has 1 atom stereocenters. The first-order valence-corrected chi connectivity index (χ1v) is 7.29. The lowest BCUT2D eigenvalue weighted by molar-refractivity contribution is 0.209. The van der Waals surface area contributed by atoms with Gasteiger partial charge in [-0.3, -0.25) is 4.90 Å². The van der Waals surface area contributed by atoms with E-state index in [9.17, 15) is 0 Å². The van der Waals surface area contributed by atoms with Gasteiger partial charge in [-0.1, -0.05) is 6.42 Å². The Hall–Kier alpha value is -1.20. The Morgan fingerprint density at radius 3 is 2.79 bits per heavy atom. The number of nitrogens with zero attached hydrogens (tertiary/aromatic N) is 3. The highest BCUT2D eigenvalue weighted by Crippen LogP contribution is 2.35. The van der Waals surface area contributed by atoms with Gasteiger partial charge in [0.1, 0.15) is 0 Å². The van der Waals surface area contributed by atoms with Gasteiger partial charge in [0.2, 0.25) is 5.95 Å². The fourth-order valence-corrected chi connectivity index (χ4v) is 2.68. The average molecular weight is 261 g/mol. The summed E-state index contributed by atoms with van der Waals surface area (Å²) in [6.07, 6.45) is 7.93. The van der Waals surface area contributed by atoms with Gasteiger partial charge in [0.15, 0.2) is 0 Å². The molecule has 2 heterocycles. The summed E-state index contributed by atoms with van der Waals surface area (Å²) in [4.78, 5) is 11.2. The highest BCUT2D eigenvalue weighted by atomic mass is 15.2. The van der Waals surface area contributed by atoms with E-state index in [-0.39, 0.29) is 0 Å². The van der Waals surface area contributed by atoms with E-state index in [0.717, 1.165) is 32.1 Å². The number of anilines is 1. The molecule has 0 spiro atoms. The molecule has 5 heteroatoms. The molecule has 0 bridgehead atoms. The molecule has 2 aliphatic rings. The van der Waals surface area contributed by atoms with Crippen molar-refractivity contribution in [1.82, 2.24) is 20.2 Å². The Morgan fingerprint density at radius 2 is 2.16 bits per heavy atom. The van der Waals surface area contributed by atoms with Crippen LogP contribution in [0.15, 0.2) is 12.4 Å². The van der Waals surface area contributed by atoms with Crippen molar-refractivity contribution in [2.75, 3.05) is 38.5 Å². The van der Waals surface area contributed by atoms with Crippen molar-refractivity contribution in [3.05, 3.63) is 18.0 Å². The minimum absolute atomic E-state index is 0.517. The lowest BCUT2D eigenvalue weighted by atomic mass is 9.81. The molecule has 5 nitrogen and oxygen atoms in total. The molecular weight excluding hydrogens is 238 g/mol. The summed E-state index contributed by atoms with van der Waals surface area (Å²) in [5.74, 6) is 1.46. The maximum Gasteiger partial charge on any atom is 0.222 e. The van der Waals surface area contributed by atoms with Crippen LogP contribution >= 0.6 is 0 Å².